The Bertz CT molecular complexity index is 1130. The maximum Gasteiger partial charge on any atom is 0.408 e. The number of carbonyl (C=O) groups excluding carboxylic acids is 7. The van der Waals surface area contributed by atoms with Crippen molar-refractivity contribution < 1.29 is 62.0 Å². The number of esters is 4. The molecule has 0 saturated carbocycles. The highest BCUT2D eigenvalue weighted by molar-refractivity contribution is 7.99. The van der Waals surface area contributed by atoms with E-state index < -0.39 is 89.3 Å². The van der Waals surface area contributed by atoms with Crippen LogP contribution in [0.25, 0.3) is 0 Å². The van der Waals surface area contributed by atoms with E-state index in [0.29, 0.717) is 6.42 Å². The van der Waals surface area contributed by atoms with Gasteiger partial charge in [-0.3, -0.25) is 24.0 Å². The molecule has 8 atom stereocenters. The third-order valence-corrected chi connectivity index (χ3v) is 7.94. The molecule has 0 aliphatic carbocycles. The Morgan fingerprint density at radius 1 is 0.894 bits per heavy atom. The summed E-state index contributed by atoms with van der Waals surface area (Å²) >= 11 is 1.09. The molecule has 0 aromatic rings. The highest BCUT2D eigenvalue weighted by atomic mass is 32.2. The average molecular weight is 692 g/mol. The summed E-state index contributed by atoms with van der Waals surface area (Å²) in [7, 11) is 1.20. The second-order valence-electron chi connectivity index (χ2n) is 12.0. The highest BCUT2D eigenvalue weighted by Crippen LogP contribution is 2.33. The Morgan fingerprint density at radius 3 is 1.98 bits per heavy atom. The van der Waals surface area contributed by atoms with Gasteiger partial charge in [-0.15, -0.1) is 11.8 Å². The van der Waals surface area contributed by atoms with Crippen molar-refractivity contribution in [2.75, 3.05) is 19.5 Å². The minimum absolute atomic E-state index is 0.0169. The molecule has 0 unspecified atom stereocenters. The van der Waals surface area contributed by atoms with E-state index in [2.05, 4.69) is 16.0 Å². The molecule has 47 heavy (non-hydrogen) atoms. The van der Waals surface area contributed by atoms with E-state index >= 15 is 0 Å². The van der Waals surface area contributed by atoms with E-state index in [1.54, 1.807) is 27.7 Å². The van der Waals surface area contributed by atoms with E-state index in [9.17, 15) is 33.6 Å². The van der Waals surface area contributed by atoms with Crippen LogP contribution in [0.4, 0.5) is 4.79 Å². The molecule has 16 nitrogen and oxygen atoms in total. The lowest BCUT2D eigenvalue weighted by atomic mass is 9.97. The largest absolute Gasteiger partial charge is 0.467 e. The van der Waals surface area contributed by atoms with Crippen LogP contribution in [0.2, 0.25) is 0 Å². The first-order chi connectivity index (χ1) is 21.8. The first kappa shape index (κ1) is 41.4. The van der Waals surface area contributed by atoms with Crippen LogP contribution in [0.5, 0.6) is 0 Å². The second kappa shape index (κ2) is 19.3. The molecule has 17 heteroatoms. The first-order valence-corrected chi connectivity index (χ1v) is 16.2. The molecule has 1 fully saturated rings. The maximum absolute atomic E-state index is 13.5. The topological polar surface area (TPSA) is 211 Å². The van der Waals surface area contributed by atoms with E-state index in [1.165, 1.54) is 21.0 Å². The lowest BCUT2D eigenvalue weighted by molar-refractivity contribution is -0.211. The van der Waals surface area contributed by atoms with Crippen LogP contribution in [-0.4, -0.2) is 109 Å². The normalized spacial score (nSPS) is 22.7. The molecule has 0 aromatic carbocycles. The summed E-state index contributed by atoms with van der Waals surface area (Å²) in [5.74, 6) is -4.12. The average Bonchev–Trinajstić information content (AvgIpc) is 2.94. The van der Waals surface area contributed by atoms with Gasteiger partial charge in [-0.1, -0.05) is 20.3 Å². The van der Waals surface area contributed by atoms with Gasteiger partial charge in [0.15, 0.2) is 12.2 Å². The number of methoxy groups -OCH3 is 1. The second-order valence-corrected chi connectivity index (χ2v) is 13.2. The number of rotatable bonds is 15. The fourth-order valence-electron chi connectivity index (χ4n) is 4.50. The number of hydrogen-bond donors (Lipinski definition) is 3. The van der Waals surface area contributed by atoms with Crippen LogP contribution < -0.4 is 16.0 Å². The Kier molecular flexibility index (Phi) is 17.0. The predicted octanol–water partition coefficient (Wildman–Crippen LogP) is 1.36. The monoisotopic (exact) mass is 691 g/mol. The van der Waals surface area contributed by atoms with Crippen molar-refractivity contribution >= 4 is 53.5 Å². The number of thioether (sulfide) groups is 1. The van der Waals surface area contributed by atoms with E-state index in [4.69, 9.17) is 28.4 Å². The van der Waals surface area contributed by atoms with Gasteiger partial charge in [0.25, 0.3) is 0 Å². The SMILES string of the molecule is CC[C@H](C)[C@H](NC(=O)[C@H](CCS[C@@H]1O[C@H](COC(C)=O)[C@@H](OC(C)=O)[C@H](OC(C)=O)[C@H]1NC(C)=O)NC(=O)OC(C)(C)C)C(=O)OC. The quantitative estimate of drug-likeness (QED) is 0.164. The Morgan fingerprint density at radius 2 is 1.49 bits per heavy atom. The molecule has 0 spiro atoms. The zero-order valence-corrected chi connectivity index (χ0v) is 29.5. The fraction of sp³-hybridized carbons (Fsp3) is 0.767. The highest BCUT2D eigenvalue weighted by Gasteiger charge is 2.51. The van der Waals surface area contributed by atoms with Crippen LogP contribution >= 0.6 is 11.8 Å². The van der Waals surface area contributed by atoms with Gasteiger partial charge in [0, 0.05) is 27.7 Å². The molecule has 0 aromatic heterocycles. The van der Waals surface area contributed by atoms with E-state index in [-0.39, 0.29) is 24.7 Å². The van der Waals surface area contributed by atoms with Gasteiger partial charge in [0.2, 0.25) is 11.8 Å². The van der Waals surface area contributed by atoms with Crippen molar-refractivity contribution in [3.8, 4) is 0 Å². The molecular formula is C30H49N3O13S. The lowest BCUT2D eigenvalue weighted by Crippen LogP contribution is -2.65. The summed E-state index contributed by atoms with van der Waals surface area (Å²) in [5, 5.41) is 7.88. The third-order valence-electron chi connectivity index (χ3n) is 6.73. The van der Waals surface area contributed by atoms with Gasteiger partial charge in [-0.2, -0.15) is 0 Å². The summed E-state index contributed by atoms with van der Waals surface area (Å²) in [4.78, 5) is 86.6. The van der Waals surface area contributed by atoms with Gasteiger partial charge < -0.3 is 44.4 Å². The summed E-state index contributed by atoms with van der Waals surface area (Å²) in [5.41, 5.74) is -1.85. The van der Waals surface area contributed by atoms with Gasteiger partial charge >= 0.3 is 30.0 Å². The molecule has 1 heterocycles. The molecule has 1 aliphatic rings. The van der Waals surface area contributed by atoms with Crippen molar-refractivity contribution in [2.24, 2.45) is 5.92 Å². The van der Waals surface area contributed by atoms with Crippen LogP contribution in [-0.2, 0) is 57.2 Å². The summed E-state index contributed by atoms with van der Waals surface area (Å²) in [6.45, 7) is 12.9. The summed E-state index contributed by atoms with van der Waals surface area (Å²) in [6, 6.07) is -3.23. The van der Waals surface area contributed by atoms with Crippen molar-refractivity contribution in [2.45, 2.75) is 123 Å². The zero-order valence-electron chi connectivity index (χ0n) is 28.7. The van der Waals surface area contributed by atoms with Gasteiger partial charge in [0.1, 0.15) is 41.9 Å². The molecule has 1 rings (SSSR count). The molecule has 0 bridgehead atoms. The van der Waals surface area contributed by atoms with Crippen molar-refractivity contribution in [3.05, 3.63) is 0 Å². The molecule has 3 N–H and O–H groups in total. The van der Waals surface area contributed by atoms with Gasteiger partial charge in [-0.25, -0.2) is 9.59 Å². The molecule has 268 valence electrons. The van der Waals surface area contributed by atoms with Crippen molar-refractivity contribution in [3.63, 3.8) is 0 Å². The van der Waals surface area contributed by atoms with Crippen LogP contribution in [0.15, 0.2) is 0 Å². The minimum atomic E-state index is -1.26. The summed E-state index contributed by atoms with van der Waals surface area (Å²) in [6.07, 6.45) is -3.95. The molecule has 3 amide bonds. The van der Waals surface area contributed by atoms with Gasteiger partial charge in [0.05, 0.1) is 7.11 Å². The Balaban J connectivity index is 3.38. The van der Waals surface area contributed by atoms with E-state index in [1.807, 2.05) is 6.92 Å². The Hall–Kier alpha value is -3.60. The Labute approximate surface area is 279 Å². The molecule has 1 saturated heterocycles. The number of hydrogen-bond acceptors (Lipinski definition) is 14. The number of carbonyl (C=O) groups is 7. The van der Waals surface area contributed by atoms with Crippen molar-refractivity contribution in [1.82, 2.24) is 16.0 Å². The van der Waals surface area contributed by atoms with Crippen LogP contribution in [0.3, 0.4) is 0 Å². The minimum Gasteiger partial charge on any atom is -0.467 e. The summed E-state index contributed by atoms with van der Waals surface area (Å²) < 4.78 is 32.4. The standard InChI is InChI=1S/C30H49N3O13S/c1-11-15(2)22(27(39)41-10)33-26(38)20(32-29(40)46-30(7,8)9)12-13-47-28-23(31-16(3)34)25(44-19(6)37)24(43-18(5)36)21(45-28)14-42-17(4)35/h15,20-25,28H,11-14H2,1-10H3,(H,31,34)(H,32,40)(H,33,38)/t15-,20-,21+,22-,23+,24+,25+,28-/m0/s1. The number of amides is 3. The maximum atomic E-state index is 13.5. The van der Waals surface area contributed by atoms with Crippen LogP contribution in [0.1, 0.15) is 75.2 Å². The molecule has 0 radical (unpaired) electrons. The fourth-order valence-corrected chi connectivity index (χ4v) is 5.76. The number of alkyl carbamates (subject to hydrolysis) is 1. The molecule has 1 aliphatic heterocycles. The number of ether oxygens (including phenoxy) is 6. The van der Waals surface area contributed by atoms with Gasteiger partial charge in [-0.05, 0) is 38.9 Å². The van der Waals surface area contributed by atoms with E-state index in [0.717, 1.165) is 25.6 Å². The van der Waals surface area contributed by atoms with Crippen molar-refractivity contribution in [1.29, 1.82) is 0 Å². The number of nitrogens with one attached hydrogen (secondary N) is 3. The zero-order chi connectivity index (χ0) is 36.1. The third kappa shape index (κ3) is 14.8. The van der Waals surface area contributed by atoms with Crippen LogP contribution in [0, 0.1) is 5.92 Å². The first-order valence-electron chi connectivity index (χ1n) is 15.2. The smallest absolute Gasteiger partial charge is 0.408 e. The predicted molar refractivity (Wildman–Crippen MR) is 168 cm³/mol. The lowest BCUT2D eigenvalue weighted by Gasteiger charge is -2.45. The molecular weight excluding hydrogens is 642 g/mol.